The van der Waals surface area contributed by atoms with Crippen molar-refractivity contribution < 1.29 is 4.79 Å². The van der Waals surface area contributed by atoms with E-state index >= 15 is 0 Å². The maximum atomic E-state index is 12.6. The number of ketones is 1. The topological polar surface area (TPSA) is 38.1 Å². The molecule has 0 saturated carbocycles. The van der Waals surface area contributed by atoms with Gasteiger partial charge in [-0.1, -0.05) is 20.8 Å². The normalized spacial score (nSPS) is 12.2. The number of nitrogens with zero attached hydrogens (tertiary/aromatic N) is 3. The first-order chi connectivity index (χ1) is 8.86. The molecule has 0 aromatic carbocycles. The molecule has 0 radical (unpaired) electrons. The summed E-state index contributed by atoms with van der Waals surface area (Å²) in [6.07, 6.45) is 1.36. The summed E-state index contributed by atoms with van der Waals surface area (Å²) in [5, 5.41) is 4.40. The lowest BCUT2D eigenvalue weighted by atomic mass is 9.93. The maximum absolute atomic E-state index is 12.6. The van der Waals surface area contributed by atoms with Crippen molar-refractivity contribution >= 4 is 5.78 Å². The van der Waals surface area contributed by atoms with Gasteiger partial charge < -0.3 is 0 Å². The van der Waals surface area contributed by atoms with Crippen molar-refractivity contribution in [1.82, 2.24) is 14.7 Å². The summed E-state index contributed by atoms with van der Waals surface area (Å²) in [4.78, 5) is 14.8. The van der Waals surface area contributed by atoms with E-state index in [1.54, 1.807) is 0 Å². The van der Waals surface area contributed by atoms with E-state index in [0.29, 0.717) is 6.42 Å². The van der Waals surface area contributed by atoms with Gasteiger partial charge in [-0.05, 0) is 39.4 Å². The molecule has 0 amide bonds. The molecule has 4 heteroatoms. The van der Waals surface area contributed by atoms with Crippen molar-refractivity contribution in [2.45, 2.75) is 53.0 Å². The highest BCUT2D eigenvalue weighted by atomic mass is 16.1. The summed E-state index contributed by atoms with van der Waals surface area (Å²) >= 11 is 0. The molecule has 0 N–H and O–H groups in total. The summed E-state index contributed by atoms with van der Waals surface area (Å²) in [5.74, 6) is 0.252. The number of hydrogen-bond donors (Lipinski definition) is 0. The van der Waals surface area contributed by atoms with Gasteiger partial charge >= 0.3 is 0 Å². The quantitative estimate of drug-likeness (QED) is 0.758. The Morgan fingerprint density at radius 3 is 2.32 bits per heavy atom. The van der Waals surface area contributed by atoms with E-state index in [1.165, 1.54) is 0 Å². The van der Waals surface area contributed by atoms with Crippen LogP contribution in [-0.2, 0) is 24.7 Å². The first kappa shape index (κ1) is 15.9. The number of aromatic nitrogens is 2. The van der Waals surface area contributed by atoms with Crippen LogP contribution in [0.4, 0.5) is 0 Å². The first-order valence-corrected chi connectivity index (χ1v) is 7.16. The van der Waals surface area contributed by atoms with Crippen molar-refractivity contribution in [3.05, 3.63) is 17.5 Å². The lowest BCUT2D eigenvalue weighted by molar-refractivity contribution is -0.128. The number of carbonyl (C=O) groups is 1. The second-order valence-electron chi connectivity index (χ2n) is 5.44. The van der Waals surface area contributed by atoms with Crippen molar-refractivity contribution in [3.8, 4) is 0 Å². The van der Waals surface area contributed by atoms with Gasteiger partial charge in [-0.15, -0.1) is 0 Å². The number of rotatable bonds is 7. The fourth-order valence-corrected chi connectivity index (χ4v) is 2.48. The minimum atomic E-state index is -0.417. The zero-order chi connectivity index (χ0) is 14.6. The molecule has 19 heavy (non-hydrogen) atoms. The Hall–Kier alpha value is -1.16. The predicted molar refractivity (Wildman–Crippen MR) is 78.3 cm³/mol. The van der Waals surface area contributed by atoms with Crippen molar-refractivity contribution in [3.63, 3.8) is 0 Å². The third-order valence-corrected chi connectivity index (χ3v) is 3.97. The van der Waals surface area contributed by atoms with Gasteiger partial charge in [-0.2, -0.15) is 5.10 Å². The minimum absolute atomic E-state index is 0.252. The van der Waals surface area contributed by atoms with E-state index < -0.39 is 5.54 Å². The Labute approximate surface area is 116 Å². The second kappa shape index (κ2) is 6.33. The third kappa shape index (κ3) is 3.44. The zero-order valence-corrected chi connectivity index (χ0v) is 13.2. The first-order valence-electron chi connectivity index (χ1n) is 7.16. The van der Waals surface area contributed by atoms with Gasteiger partial charge in [0.2, 0.25) is 0 Å². The van der Waals surface area contributed by atoms with Gasteiger partial charge in [0.15, 0.2) is 5.78 Å². The Kier molecular flexibility index (Phi) is 5.29. The average Bonchev–Trinajstić information content (AvgIpc) is 2.71. The molecule has 4 nitrogen and oxygen atoms in total. The van der Waals surface area contributed by atoms with Gasteiger partial charge in [-0.3, -0.25) is 14.4 Å². The molecule has 1 heterocycles. The smallest absolute Gasteiger partial charge is 0.158 e. The van der Waals surface area contributed by atoms with Crippen LogP contribution in [0.25, 0.3) is 0 Å². The Bertz CT molecular complexity index is 431. The molecule has 0 spiro atoms. The predicted octanol–water partition coefficient (Wildman–Crippen LogP) is 2.21. The lowest BCUT2D eigenvalue weighted by Crippen LogP contribution is -2.50. The largest absolute Gasteiger partial charge is 0.297 e. The highest BCUT2D eigenvalue weighted by Crippen LogP contribution is 2.18. The number of carbonyl (C=O) groups excluding carboxylic acids is 1. The zero-order valence-electron chi connectivity index (χ0n) is 13.2. The molecule has 0 atom stereocenters. The molecule has 108 valence electrons. The summed E-state index contributed by atoms with van der Waals surface area (Å²) in [6.45, 7) is 12.1. The summed E-state index contributed by atoms with van der Waals surface area (Å²) in [6, 6.07) is 2.04. The summed E-state index contributed by atoms with van der Waals surface area (Å²) in [7, 11) is 1.91. The summed E-state index contributed by atoms with van der Waals surface area (Å²) < 4.78 is 1.83. The fourth-order valence-electron chi connectivity index (χ4n) is 2.48. The lowest BCUT2D eigenvalue weighted by Gasteiger charge is -2.35. The van der Waals surface area contributed by atoms with Crippen LogP contribution in [0.3, 0.4) is 0 Å². The molecule has 0 bridgehead atoms. The van der Waals surface area contributed by atoms with Gasteiger partial charge in [0.1, 0.15) is 0 Å². The number of likely N-dealkylation sites (N-methyl/N-ethyl adjacent to an activating group) is 1. The van der Waals surface area contributed by atoms with Gasteiger partial charge in [0, 0.05) is 12.7 Å². The fraction of sp³-hybridized carbons (Fsp3) is 0.733. The second-order valence-corrected chi connectivity index (χ2v) is 5.44. The molecule has 0 aliphatic rings. The number of aryl methyl sites for hydroxylation is 2. The molecule has 1 aromatic heterocycles. The van der Waals surface area contributed by atoms with Crippen LogP contribution in [-0.4, -0.2) is 39.1 Å². The number of Topliss-reactive ketones (excluding diaryl/α,β-unsaturated/α-hetero) is 1. The van der Waals surface area contributed by atoms with Crippen LogP contribution < -0.4 is 0 Å². The molecule has 1 aromatic rings. The van der Waals surface area contributed by atoms with E-state index in [2.05, 4.69) is 30.8 Å². The average molecular weight is 265 g/mol. The van der Waals surface area contributed by atoms with E-state index in [-0.39, 0.29) is 5.78 Å². The molecule has 0 fully saturated rings. The number of hydrogen-bond acceptors (Lipinski definition) is 3. The van der Waals surface area contributed by atoms with Gasteiger partial charge in [0.05, 0.1) is 17.7 Å². The highest BCUT2D eigenvalue weighted by Gasteiger charge is 2.32. The Morgan fingerprint density at radius 1 is 1.32 bits per heavy atom. The SMILES string of the molecule is CCc1cc(CC(=O)C(C)(C)N(CC)CC)n(C)n1. The minimum Gasteiger partial charge on any atom is -0.297 e. The Morgan fingerprint density at radius 2 is 1.89 bits per heavy atom. The standard InChI is InChI=1S/C15H27N3O/c1-7-12-10-13(17(6)16-12)11-14(19)15(4,5)18(8-2)9-3/h10H,7-9,11H2,1-6H3. The van der Waals surface area contributed by atoms with Crippen molar-refractivity contribution in [1.29, 1.82) is 0 Å². The molecule has 0 aliphatic carbocycles. The summed E-state index contributed by atoms with van der Waals surface area (Å²) in [5.41, 5.74) is 1.63. The van der Waals surface area contributed by atoms with Crippen molar-refractivity contribution in [2.75, 3.05) is 13.1 Å². The van der Waals surface area contributed by atoms with E-state index in [1.807, 2.05) is 31.6 Å². The van der Waals surface area contributed by atoms with E-state index in [0.717, 1.165) is 30.9 Å². The monoisotopic (exact) mass is 265 g/mol. The van der Waals surface area contributed by atoms with Crippen LogP contribution in [0.1, 0.15) is 46.0 Å². The van der Waals surface area contributed by atoms with Gasteiger partial charge in [0.25, 0.3) is 0 Å². The van der Waals surface area contributed by atoms with Gasteiger partial charge in [-0.25, -0.2) is 0 Å². The molecular weight excluding hydrogens is 238 g/mol. The molecular formula is C15H27N3O. The van der Waals surface area contributed by atoms with E-state index in [4.69, 9.17) is 0 Å². The molecule has 0 saturated heterocycles. The Balaban J connectivity index is 2.86. The van der Waals surface area contributed by atoms with Crippen LogP contribution in [0.5, 0.6) is 0 Å². The van der Waals surface area contributed by atoms with Crippen LogP contribution in [0.2, 0.25) is 0 Å². The van der Waals surface area contributed by atoms with Crippen LogP contribution >= 0.6 is 0 Å². The molecule has 1 rings (SSSR count). The molecule has 0 aliphatic heterocycles. The van der Waals surface area contributed by atoms with Crippen molar-refractivity contribution in [2.24, 2.45) is 7.05 Å². The van der Waals surface area contributed by atoms with Crippen LogP contribution in [0, 0.1) is 0 Å². The highest BCUT2D eigenvalue weighted by molar-refractivity contribution is 5.89. The molecule has 0 unspecified atom stereocenters. The van der Waals surface area contributed by atoms with Crippen LogP contribution in [0.15, 0.2) is 6.07 Å². The maximum Gasteiger partial charge on any atom is 0.158 e. The van der Waals surface area contributed by atoms with E-state index in [9.17, 15) is 4.79 Å². The third-order valence-electron chi connectivity index (χ3n) is 3.97.